The van der Waals surface area contributed by atoms with Gasteiger partial charge in [0.25, 0.3) is 0 Å². The van der Waals surface area contributed by atoms with Gasteiger partial charge in [-0.2, -0.15) is 21.0 Å². The average molecular weight is 465 g/mol. The van der Waals surface area contributed by atoms with Crippen LogP contribution in [0.4, 0.5) is 0 Å². The summed E-state index contributed by atoms with van der Waals surface area (Å²) in [7, 11) is 0. The van der Waals surface area contributed by atoms with Crippen molar-refractivity contribution in [3.63, 3.8) is 0 Å². The monoisotopic (exact) mass is 464 g/mol. The highest BCUT2D eigenvalue weighted by atomic mass is 16.1. The first-order chi connectivity index (χ1) is 17.4. The molecule has 0 N–H and O–H groups in total. The van der Waals surface area contributed by atoms with Crippen molar-refractivity contribution in [3.05, 3.63) is 107 Å². The third-order valence-electron chi connectivity index (χ3n) is 9.35. The molecular weight excluding hydrogens is 444 g/mol. The maximum absolute atomic E-state index is 14.9. The van der Waals surface area contributed by atoms with E-state index in [2.05, 4.69) is 24.3 Å². The first-order valence-corrected chi connectivity index (χ1v) is 11.9. The van der Waals surface area contributed by atoms with Crippen molar-refractivity contribution in [2.45, 2.75) is 30.1 Å². The molecule has 4 unspecified atom stereocenters. The molecule has 1 fully saturated rings. The zero-order valence-corrected chi connectivity index (χ0v) is 19.6. The van der Waals surface area contributed by atoms with Gasteiger partial charge < -0.3 is 0 Å². The Bertz CT molecular complexity index is 1600. The molecule has 4 aliphatic carbocycles. The highest BCUT2D eigenvalue weighted by Gasteiger charge is 2.87. The number of benzene rings is 3. The predicted molar refractivity (Wildman–Crippen MR) is 130 cm³/mol. The number of nitriles is 4. The highest BCUT2D eigenvalue weighted by molar-refractivity contribution is 6.08. The number of fused-ring (bicyclic) bond motifs is 2. The minimum Gasteiger partial charge on any atom is -0.293 e. The summed E-state index contributed by atoms with van der Waals surface area (Å²) >= 11 is 0. The van der Waals surface area contributed by atoms with Gasteiger partial charge in [-0.25, -0.2) is 0 Å². The Kier molecular flexibility index (Phi) is 4.19. The number of nitrogens with zero attached hydrogens (tertiary/aromatic N) is 4. The van der Waals surface area contributed by atoms with Crippen molar-refractivity contribution < 1.29 is 4.79 Å². The van der Waals surface area contributed by atoms with Crippen LogP contribution in [-0.2, 0) is 17.3 Å². The molecule has 4 aliphatic rings. The average Bonchev–Trinajstić information content (AvgIpc) is 3.34. The Morgan fingerprint density at radius 3 is 1.94 bits per heavy atom. The first kappa shape index (κ1) is 21.8. The van der Waals surface area contributed by atoms with Crippen LogP contribution in [0.3, 0.4) is 0 Å². The minimum atomic E-state index is -2.25. The molecule has 0 heterocycles. The van der Waals surface area contributed by atoms with Gasteiger partial charge in [0.1, 0.15) is 5.41 Å². The summed E-state index contributed by atoms with van der Waals surface area (Å²) in [6, 6.07) is 32.5. The van der Waals surface area contributed by atoms with Crippen LogP contribution in [0.15, 0.2) is 78.9 Å². The summed E-state index contributed by atoms with van der Waals surface area (Å²) in [6.45, 7) is 1.85. The number of carbonyl (C=O) groups is 1. The molecule has 3 aromatic rings. The summed E-state index contributed by atoms with van der Waals surface area (Å²) in [4.78, 5) is 14.9. The van der Waals surface area contributed by atoms with E-state index in [1.165, 1.54) is 0 Å². The van der Waals surface area contributed by atoms with Crippen LogP contribution in [0.5, 0.6) is 0 Å². The van der Waals surface area contributed by atoms with Crippen molar-refractivity contribution in [1.82, 2.24) is 0 Å². The topological polar surface area (TPSA) is 112 Å². The number of carbonyl (C=O) groups excluding carboxylic acids is 1. The van der Waals surface area contributed by atoms with Crippen molar-refractivity contribution in [2.75, 3.05) is 0 Å². The number of hydrogen-bond donors (Lipinski definition) is 0. The van der Waals surface area contributed by atoms with Crippen LogP contribution in [0.1, 0.15) is 45.5 Å². The number of rotatable bonds is 2. The lowest BCUT2D eigenvalue weighted by atomic mass is 9.27. The van der Waals surface area contributed by atoms with E-state index in [4.69, 9.17) is 0 Å². The summed E-state index contributed by atoms with van der Waals surface area (Å²) in [5, 5.41) is 43.3. The lowest BCUT2D eigenvalue weighted by Crippen LogP contribution is -2.76. The molecule has 0 amide bonds. The number of ketones is 1. The van der Waals surface area contributed by atoms with Crippen molar-refractivity contribution in [2.24, 2.45) is 16.7 Å². The molecule has 1 saturated carbocycles. The van der Waals surface area contributed by atoms with Crippen molar-refractivity contribution in [3.8, 4) is 24.3 Å². The fourth-order valence-electron chi connectivity index (χ4n) is 7.96. The molecule has 7 rings (SSSR count). The summed E-state index contributed by atoms with van der Waals surface area (Å²) in [6.07, 6.45) is 0.549. The SMILES string of the molecule is CC12c3ccccc3C(C(=O)c3ccccc3)(C3c4ccccc4CC31)C(C#N)(C#N)C2(C#N)C#N. The van der Waals surface area contributed by atoms with Crippen LogP contribution < -0.4 is 0 Å². The zero-order chi connectivity index (χ0) is 25.3. The van der Waals surface area contributed by atoms with Gasteiger partial charge in [0, 0.05) is 16.9 Å². The van der Waals surface area contributed by atoms with Crippen molar-refractivity contribution >= 4 is 5.78 Å². The normalized spacial score (nSPS) is 29.2. The molecule has 36 heavy (non-hydrogen) atoms. The van der Waals surface area contributed by atoms with Gasteiger partial charge in [-0.3, -0.25) is 4.79 Å². The third-order valence-corrected chi connectivity index (χ3v) is 9.35. The fraction of sp³-hybridized carbons (Fsp3) is 0.258. The Hall–Kier alpha value is -4.71. The van der Waals surface area contributed by atoms with Gasteiger partial charge in [0.15, 0.2) is 16.6 Å². The first-order valence-electron chi connectivity index (χ1n) is 11.9. The molecule has 3 aromatic carbocycles. The van der Waals surface area contributed by atoms with Gasteiger partial charge in [-0.15, -0.1) is 0 Å². The molecule has 2 bridgehead atoms. The van der Waals surface area contributed by atoms with E-state index >= 15 is 0 Å². The van der Waals surface area contributed by atoms with E-state index < -0.39 is 33.4 Å². The van der Waals surface area contributed by atoms with Gasteiger partial charge in [-0.05, 0) is 34.6 Å². The highest BCUT2D eigenvalue weighted by Crippen LogP contribution is 2.79. The molecule has 0 spiro atoms. The van der Waals surface area contributed by atoms with E-state index in [1.807, 2.05) is 49.4 Å². The zero-order valence-electron chi connectivity index (χ0n) is 19.6. The lowest BCUT2D eigenvalue weighted by molar-refractivity contribution is -0.0553. The second-order valence-electron chi connectivity index (χ2n) is 10.2. The Morgan fingerprint density at radius 2 is 1.31 bits per heavy atom. The van der Waals surface area contributed by atoms with Crippen LogP contribution >= 0.6 is 0 Å². The summed E-state index contributed by atoms with van der Waals surface area (Å²) in [5.74, 6) is -1.27. The van der Waals surface area contributed by atoms with Gasteiger partial charge in [0.05, 0.1) is 24.3 Å². The second-order valence-corrected chi connectivity index (χ2v) is 10.2. The minimum absolute atomic E-state index is 0.327. The standard InChI is InChI=1S/C31H20N4O/c1-28-23-13-7-8-14-24(23)31(27(36)20-9-3-2-4-10-20,30(18-34,19-35)29(28,16-32)17-33)26-22-12-6-5-11-21(22)15-25(26)28/h2-14,25-26H,15H2,1H3. The Balaban J connectivity index is 1.90. The van der Waals surface area contributed by atoms with Crippen LogP contribution in [0, 0.1) is 62.1 Å². The molecule has 0 saturated heterocycles. The van der Waals surface area contributed by atoms with E-state index in [-0.39, 0.29) is 5.92 Å². The maximum Gasteiger partial charge on any atom is 0.193 e. The number of hydrogen-bond acceptors (Lipinski definition) is 5. The summed E-state index contributed by atoms with van der Waals surface area (Å²) in [5.41, 5.74) is -3.70. The van der Waals surface area contributed by atoms with Gasteiger partial charge in [-0.1, -0.05) is 85.8 Å². The second kappa shape index (κ2) is 6.92. The lowest BCUT2D eigenvalue weighted by Gasteiger charge is -2.68. The molecule has 0 aromatic heterocycles. The van der Waals surface area contributed by atoms with E-state index in [0.717, 1.165) is 11.1 Å². The maximum atomic E-state index is 14.9. The molecular formula is C31H20N4O. The quantitative estimate of drug-likeness (QED) is 0.489. The van der Waals surface area contributed by atoms with E-state index in [1.54, 1.807) is 36.4 Å². The van der Waals surface area contributed by atoms with E-state index in [9.17, 15) is 25.8 Å². The van der Waals surface area contributed by atoms with Crippen LogP contribution in [0.25, 0.3) is 0 Å². The number of Topliss-reactive ketones (excluding diaryl/α,β-unsaturated/α-hetero) is 1. The van der Waals surface area contributed by atoms with Gasteiger partial charge >= 0.3 is 0 Å². The molecule has 170 valence electrons. The molecule has 0 aliphatic heterocycles. The van der Waals surface area contributed by atoms with Gasteiger partial charge in [0.2, 0.25) is 0 Å². The van der Waals surface area contributed by atoms with Crippen LogP contribution in [0.2, 0.25) is 0 Å². The third kappa shape index (κ3) is 1.93. The Morgan fingerprint density at radius 1 is 0.750 bits per heavy atom. The summed E-state index contributed by atoms with van der Waals surface area (Å²) < 4.78 is 0. The van der Waals surface area contributed by atoms with E-state index in [0.29, 0.717) is 23.1 Å². The fourth-order valence-corrected chi connectivity index (χ4v) is 7.96. The van der Waals surface area contributed by atoms with Crippen LogP contribution in [-0.4, -0.2) is 5.78 Å². The largest absolute Gasteiger partial charge is 0.293 e. The molecule has 5 heteroatoms. The smallest absolute Gasteiger partial charge is 0.193 e. The molecule has 4 atom stereocenters. The predicted octanol–water partition coefficient (Wildman–Crippen LogP) is 5.12. The van der Waals surface area contributed by atoms with Crippen molar-refractivity contribution in [1.29, 1.82) is 21.0 Å². The molecule has 5 nitrogen and oxygen atoms in total. The molecule has 0 radical (unpaired) electrons. The Labute approximate surface area is 209 Å².